The van der Waals surface area contributed by atoms with Crippen molar-refractivity contribution in [1.29, 1.82) is 0 Å². The minimum Gasteiger partial charge on any atom is -0.496 e. The smallest absolute Gasteiger partial charge is 0.417 e. The molecule has 1 aliphatic heterocycles. The number of alkyl halides is 3. The molecule has 0 spiro atoms. The number of hydrogen-bond acceptors (Lipinski definition) is 5. The number of carbonyl (C=O) groups is 1. The van der Waals surface area contributed by atoms with E-state index in [1.165, 1.54) is 16.9 Å². The number of nitrogens with one attached hydrogen (secondary N) is 1. The molecule has 34 heavy (non-hydrogen) atoms. The Morgan fingerprint density at radius 1 is 1.15 bits per heavy atom. The molecular weight excluding hydrogens is 447 g/mol. The van der Waals surface area contributed by atoms with Crippen LogP contribution in [0.4, 0.5) is 13.2 Å². The molecule has 0 aliphatic carbocycles. The van der Waals surface area contributed by atoms with E-state index < -0.39 is 11.7 Å². The highest BCUT2D eigenvalue weighted by Crippen LogP contribution is 2.31. The minimum atomic E-state index is -4.47. The fourth-order valence-electron chi connectivity index (χ4n) is 4.26. The second kappa shape index (κ2) is 9.84. The zero-order valence-electron chi connectivity index (χ0n) is 19.0. The maximum Gasteiger partial charge on any atom is 0.417 e. The highest BCUT2D eigenvalue weighted by molar-refractivity contribution is 5.95. The molecule has 4 rings (SSSR count). The number of rotatable bonds is 7. The summed E-state index contributed by atoms with van der Waals surface area (Å²) in [6, 6.07) is 9.91. The molecule has 1 aliphatic rings. The summed E-state index contributed by atoms with van der Waals surface area (Å²) in [4.78, 5) is 19.2. The van der Waals surface area contributed by atoms with Gasteiger partial charge in [0.25, 0.3) is 5.91 Å². The van der Waals surface area contributed by atoms with Crippen LogP contribution in [0, 0.1) is 6.92 Å². The molecule has 180 valence electrons. The highest BCUT2D eigenvalue weighted by atomic mass is 19.4. The van der Waals surface area contributed by atoms with E-state index >= 15 is 0 Å². The van der Waals surface area contributed by atoms with E-state index in [2.05, 4.69) is 20.3 Å². The van der Waals surface area contributed by atoms with Crippen LogP contribution in [-0.2, 0) is 6.18 Å². The molecule has 0 radical (unpaired) electrons. The molecule has 1 amide bonds. The highest BCUT2D eigenvalue weighted by Gasteiger charge is 2.31. The number of hydrogen-bond donors (Lipinski definition) is 1. The molecule has 1 atom stereocenters. The van der Waals surface area contributed by atoms with E-state index in [0.717, 1.165) is 49.5 Å². The number of methoxy groups -OCH3 is 1. The topological polar surface area (TPSA) is 72.3 Å². The van der Waals surface area contributed by atoms with Gasteiger partial charge in [-0.2, -0.15) is 18.3 Å². The average Bonchev–Trinajstić information content (AvgIpc) is 3.49. The molecule has 10 heteroatoms. The third kappa shape index (κ3) is 4.91. The fraction of sp³-hybridized carbons (Fsp3) is 0.375. The number of amides is 1. The Bertz CT molecular complexity index is 1140. The first kappa shape index (κ1) is 23.7. The molecule has 0 saturated carbocycles. The quantitative estimate of drug-likeness (QED) is 0.558. The number of ether oxygens (including phenoxy) is 1. The van der Waals surface area contributed by atoms with E-state index in [-0.39, 0.29) is 17.8 Å². The number of halogens is 3. The molecule has 0 unspecified atom stereocenters. The van der Waals surface area contributed by atoms with Crippen molar-refractivity contribution in [2.75, 3.05) is 26.7 Å². The number of nitrogens with zero attached hydrogens (tertiary/aromatic N) is 4. The van der Waals surface area contributed by atoms with Crippen molar-refractivity contribution in [3.63, 3.8) is 0 Å². The third-order valence-electron chi connectivity index (χ3n) is 6.08. The lowest BCUT2D eigenvalue weighted by Gasteiger charge is -2.29. The van der Waals surface area contributed by atoms with Crippen molar-refractivity contribution in [1.82, 2.24) is 25.0 Å². The van der Waals surface area contributed by atoms with Crippen molar-refractivity contribution >= 4 is 5.91 Å². The monoisotopic (exact) mass is 473 g/mol. The van der Waals surface area contributed by atoms with E-state index in [1.54, 1.807) is 14.0 Å². The molecule has 1 fully saturated rings. The van der Waals surface area contributed by atoms with Crippen LogP contribution in [0.3, 0.4) is 0 Å². The number of likely N-dealkylation sites (tertiary alicyclic amines) is 1. The van der Waals surface area contributed by atoms with Gasteiger partial charge in [-0.3, -0.25) is 9.69 Å². The van der Waals surface area contributed by atoms with E-state index in [1.807, 2.05) is 24.3 Å². The molecule has 1 saturated heterocycles. The fourth-order valence-corrected chi connectivity index (χ4v) is 4.26. The molecule has 1 aromatic carbocycles. The van der Waals surface area contributed by atoms with Gasteiger partial charge >= 0.3 is 6.18 Å². The van der Waals surface area contributed by atoms with Crippen LogP contribution >= 0.6 is 0 Å². The largest absolute Gasteiger partial charge is 0.496 e. The summed E-state index contributed by atoms with van der Waals surface area (Å²) < 4.78 is 45.4. The number of pyridine rings is 1. The van der Waals surface area contributed by atoms with E-state index in [9.17, 15) is 18.0 Å². The van der Waals surface area contributed by atoms with Crippen molar-refractivity contribution in [2.45, 2.75) is 32.0 Å². The Hall–Kier alpha value is -3.40. The number of carbonyl (C=O) groups excluding carboxylic acids is 1. The van der Waals surface area contributed by atoms with Crippen molar-refractivity contribution < 1.29 is 22.7 Å². The van der Waals surface area contributed by atoms with Gasteiger partial charge in [-0.25, -0.2) is 9.67 Å². The number of benzene rings is 1. The molecular formula is C24H26F3N5O2. The Balaban J connectivity index is 1.51. The minimum absolute atomic E-state index is 0.0467. The zero-order chi connectivity index (χ0) is 24.3. The third-order valence-corrected chi connectivity index (χ3v) is 6.08. The van der Waals surface area contributed by atoms with Crippen LogP contribution < -0.4 is 10.1 Å². The summed E-state index contributed by atoms with van der Waals surface area (Å²) in [5, 5.41) is 7.17. The SMILES string of the molecule is COc1ccccc1[C@@H](CNC(=O)c1cnn(-c2ccc(C(F)(F)F)cn2)c1C)N1CCCC1. The zero-order valence-corrected chi connectivity index (χ0v) is 19.0. The lowest BCUT2D eigenvalue weighted by Crippen LogP contribution is -2.37. The van der Waals surface area contributed by atoms with Crippen LogP contribution in [0.2, 0.25) is 0 Å². The van der Waals surface area contributed by atoms with Crippen LogP contribution in [0.15, 0.2) is 48.8 Å². The van der Waals surface area contributed by atoms with Gasteiger partial charge in [0.15, 0.2) is 5.82 Å². The van der Waals surface area contributed by atoms with Gasteiger partial charge in [0.05, 0.1) is 36.2 Å². The summed E-state index contributed by atoms with van der Waals surface area (Å²) in [5.74, 6) is 0.661. The normalized spacial score (nSPS) is 15.3. The van der Waals surface area contributed by atoms with Gasteiger partial charge in [0, 0.05) is 18.3 Å². The predicted molar refractivity (Wildman–Crippen MR) is 120 cm³/mol. The summed E-state index contributed by atoms with van der Waals surface area (Å²) in [7, 11) is 1.63. The van der Waals surface area contributed by atoms with Crippen molar-refractivity contribution in [3.8, 4) is 11.6 Å². The lowest BCUT2D eigenvalue weighted by molar-refractivity contribution is -0.137. The molecule has 0 bridgehead atoms. The van der Waals surface area contributed by atoms with Crippen molar-refractivity contribution in [2.24, 2.45) is 0 Å². The maximum atomic E-state index is 13.0. The molecule has 7 nitrogen and oxygen atoms in total. The van der Waals surface area contributed by atoms with Crippen molar-refractivity contribution in [3.05, 3.63) is 71.2 Å². The molecule has 2 aromatic heterocycles. The summed E-state index contributed by atoms with van der Waals surface area (Å²) >= 11 is 0. The van der Waals surface area contributed by atoms with Gasteiger partial charge in [0.1, 0.15) is 5.75 Å². The lowest BCUT2D eigenvalue weighted by atomic mass is 10.0. The second-order valence-corrected chi connectivity index (χ2v) is 8.17. The van der Waals surface area contributed by atoms with Gasteiger partial charge < -0.3 is 10.1 Å². The Morgan fingerprint density at radius 2 is 1.88 bits per heavy atom. The van der Waals surface area contributed by atoms with Crippen LogP contribution in [0.5, 0.6) is 5.75 Å². The second-order valence-electron chi connectivity index (χ2n) is 8.17. The summed E-state index contributed by atoms with van der Waals surface area (Å²) in [6.07, 6.45) is -0.109. The van der Waals surface area contributed by atoms with E-state index in [0.29, 0.717) is 17.8 Å². The molecule has 3 aromatic rings. The first-order valence-electron chi connectivity index (χ1n) is 11.0. The van der Waals surface area contributed by atoms with Crippen LogP contribution in [-0.4, -0.2) is 52.3 Å². The predicted octanol–water partition coefficient (Wildman–Crippen LogP) is 4.17. The van der Waals surface area contributed by atoms with Crippen LogP contribution in [0.25, 0.3) is 5.82 Å². The number of aromatic nitrogens is 3. The summed E-state index contributed by atoms with van der Waals surface area (Å²) in [6.45, 7) is 3.94. The molecule has 3 heterocycles. The molecule has 1 N–H and O–H groups in total. The standard InChI is InChI=1S/C24H26F3N5O2/c1-16-19(14-30-32(16)22-10-9-17(13-28-22)24(25,26)27)23(33)29-15-20(31-11-5-6-12-31)18-7-3-4-8-21(18)34-2/h3-4,7-10,13-14,20H,5-6,11-12,15H2,1-2H3,(H,29,33)/t20-/m1/s1. The van der Waals surface area contributed by atoms with Gasteiger partial charge in [-0.05, 0) is 51.1 Å². The Labute approximate surface area is 195 Å². The van der Waals surface area contributed by atoms with Gasteiger partial charge in [-0.15, -0.1) is 0 Å². The first-order valence-corrected chi connectivity index (χ1v) is 11.0. The average molecular weight is 473 g/mol. The van der Waals surface area contributed by atoms with Gasteiger partial charge in [0.2, 0.25) is 0 Å². The Kier molecular flexibility index (Phi) is 6.87. The van der Waals surface area contributed by atoms with Gasteiger partial charge in [-0.1, -0.05) is 18.2 Å². The summed E-state index contributed by atoms with van der Waals surface area (Å²) in [5.41, 5.74) is 0.985. The first-order chi connectivity index (χ1) is 16.3. The van der Waals surface area contributed by atoms with E-state index in [4.69, 9.17) is 4.74 Å². The maximum absolute atomic E-state index is 13.0. The Morgan fingerprint density at radius 3 is 2.53 bits per heavy atom. The number of para-hydroxylation sites is 1. The van der Waals surface area contributed by atoms with Crippen LogP contribution in [0.1, 0.15) is 46.1 Å².